The van der Waals surface area contributed by atoms with Gasteiger partial charge >= 0.3 is 0 Å². The molecular formula is C34H54N4O8S. The van der Waals surface area contributed by atoms with E-state index in [1.54, 1.807) is 6.07 Å². The van der Waals surface area contributed by atoms with Crippen LogP contribution < -0.4 is 20.9 Å². The molecule has 3 rings (SSSR count). The number of nitrogens with zero attached hydrogens (tertiary/aromatic N) is 1. The normalized spacial score (nSPS) is 21.6. The van der Waals surface area contributed by atoms with Crippen LogP contribution in [0.5, 0.6) is 0 Å². The zero-order chi connectivity index (χ0) is 34.8. The third-order valence-electron chi connectivity index (χ3n) is 8.95. The molecule has 1 aliphatic heterocycles. The van der Waals surface area contributed by atoms with Crippen molar-refractivity contribution in [2.24, 2.45) is 0 Å². The molecule has 0 radical (unpaired) electrons. The molecule has 0 aliphatic carbocycles. The van der Waals surface area contributed by atoms with Gasteiger partial charge in [0.25, 0.3) is 0 Å². The molecule has 0 spiro atoms. The number of unbranched alkanes of at least 4 members (excludes halogenated alkanes) is 2. The number of amides is 1. The highest BCUT2D eigenvalue weighted by Crippen LogP contribution is 2.40. The fourth-order valence-corrected chi connectivity index (χ4v) is 8.11. The van der Waals surface area contributed by atoms with E-state index in [1.165, 1.54) is 0 Å². The first kappa shape index (κ1) is 38.8. The highest BCUT2D eigenvalue weighted by Gasteiger charge is 2.42. The lowest BCUT2D eigenvalue weighted by Crippen LogP contribution is -2.50. The number of hydrogen-bond acceptors (Lipinski definition) is 11. The van der Waals surface area contributed by atoms with E-state index in [0.717, 1.165) is 30.5 Å². The molecule has 12 nitrogen and oxygen atoms in total. The molecule has 2 aromatic carbocycles. The second kappa shape index (κ2) is 17.7. The summed E-state index contributed by atoms with van der Waals surface area (Å²) in [6.07, 6.45) is -1.55. The molecule has 0 unspecified atom stereocenters. The summed E-state index contributed by atoms with van der Waals surface area (Å²) in [7, 11) is 0.255. The summed E-state index contributed by atoms with van der Waals surface area (Å²) in [6, 6.07) is 12.6. The van der Waals surface area contributed by atoms with Gasteiger partial charge in [-0.3, -0.25) is 10.1 Å². The van der Waals surface area contributed by atoms with E-state index in [2.05, 4.69) is 22.9 Å². The van der Waals surface area contributed by atoms with Gasteiger partial charge in [0.05, 0.1) is 29.4 Å². The molecule has 0 fully saturated rings. The molecule has 6 atom stereocenters. The lowest BCUT2D eigenvalue weighted by atomic mass is 9.88. The Balaban J connectivity index is 1.70. The Morgan fingerprint density at radius 3 is 2.40 bits per heavy atom. The van der Waals surface area contributed by atoms with Crippen LogP contribution in [0.1, 0.15) is 76.0 Å². The van der Waals surface area contributed by atoms with E-state index < -0.39 is 52.4 Å². The number of aliphatic hydroxyl groups excluding tert-OH is 5. The van der Waals surface area contributed by atoms with Gasteiger partial charge in [0.15, 0.2) is 9.84 Å². The minimum absolute atomic E-state index is 0.0148. The van der Waals surface area contributed by atoms with Crippen molar-refractivity contribution in [2.45, 2.75) is 99.7 Å². The number of rotatable bonds is 18. The van der Waals surface area contributed by atoms with E-state index in [0.29, 0.717) is 42.0 Å². The minimum Gasteiger partial charge on any atom is -0.394 e. The van der Waals surface area contributed by atoms with E-state index in [4.69, 9.17) is 5.11 Å². The van der Waals surface area contributed by atoms with Crippen molar-refractivity contribution in [1.29, 1.82) is 0 Å². The summed E-state index contributed by atoms with van der Waals surface area (Å²) in [4.78, 5) is 15.1. The fourth-order valence-electron chi connectivity index (χ4n) is 5.98. The highest BCUT2D eigenvalue weighted by molar-refractivity contribution is 7.91. The van der Waals surface area contributed by atoms with Crippen molar-refractivity contribution in [3.63, 3.8) is 0 Å². The number of nitrogens with one attached hydrogen (secondary N) is 3. The molecule has 13 heteroatoms. The van der Waals surface area contributed by atoms with Gasteiger partial charge < -0.3 is 41.1 Å². The smallest absolute Gasteiger partial charge is 0.224 e. The standard InChI is InChI=1S/C34H54N4O8S/c1-5-7-16-34(6-2)22-47(45,46)29-15-14-25(38(3)4)19-26(29)31(37-34)23-11-10-12-24(18-23)36-30(42)13-8-9-17-35-20-27(40)32(43)33(44)28(41)21-39/h10-12,14-15,18-19,27-28,31-33,35,37,39-41,43-44H,5-9,13,16-17,20-22H2,1-4H3,(H,36,42)/t27-,28+,31-,32+,33+,34-/m0/s1. The first-order chi connectivity index (χ1) is 22.3. The Morgan fingerprint density at radius 1 is 1.02 bits per heavy atom. The SMILES string of the molecule is CCCC[C@@]1(CC)CS(=O)(=O)c2ccc(N(C)C)cc2[C@H](c2cccc(NC(=O)CCCCNC[C@H](O)[C@@H](O)[C@H](O)[C@H](O)CO)c2)N1. The Labute approximate surface area is 279 Å². The van der Waals surface area contributed by atoms with Crippen LogP contribution in [-0.4, -0.2) is 109 Å². The molecule has 0 aromatic heterocycles. The van der Waals surface area contributed by atoms with Crippen LogP contribution in [0.2, 0.25) is 0 Å². The van der Waals surface area contributed by atoms with Gasteiger partial charge in [-0.05, 0) is 73.7 Å². The van der Waals surface area contributed by atoms with E-state index in [9.17, 15) is 33.6 Å². The van der Waals surface area contributed by atoms with Crippen LogP contribution in [0.3, 0.4) is 0 Å². The molecule has 47 heavy (non-hydrogen) atoms. The molecule has 1 amide bonds. The zero-order valence-corrected chi connectivity index (χ0v) is 28.8. The van der Waals surface area contributed by atoms with Crippen LogP contribution in [0.4, 0.5) is 11.4 Å². The number of aliphatic hydroxyl groups is 5. The van der Waals surface area contributed by atoms with Crippen LogP contribution >= 0.6 is 0 Å². The summed E-state index contributed by atoms with van der Waals surface area (Å²) in [5.41, 5.74) is 2.44. The molecule has 0 bridgehead atoms. The van der Waals surface area contributed by atoms with Crippen molar-refractivity contribution >= 4 is 27.1 Å². The number of anilines is 2. The van der Waals surface area contributed by atoms with Crippen molar-refractivity contribution < 1.29 is 38.7 Å². The topological polar surface area (TPSA) is 192 Å². The average Bonchev–Trinajstić information content (AvgIpc) is 3.15. The molecule has 1 heterocycles. The quantitative estimate of drug-likeness (QED) is 0.107. The molecule has 1 aliphatic rings. The lowest BCUT2D eigenvalue weighted by molar-refractivity contribution is -0.116. The monoisotopic (exact) mass is 678 g/mol. The predicted molar refractivity (Wildman–Crippen MR) is 183 cm³/mol. The summed E-state index contributed by atoms with van der Waals surface area (Å²) >= 11 is 0. The fraction of sp³-hybridized carbons (Fsp3) is 0.618. The number of hydrogen-bond donors (Lipinski definition) is 8. The van der Waals surface area contributed by atoms with Crippen molar-refractivity contribution in [1.82, 2.24) is 10.6 Å². The van der Waals surface area contributed by atoms with E-state index in [-0.39, 0.29) is 24.6 Å². The number of sulfone groups is 1. The molecule has 0 saturated carbocycles. The molecular weight excluding hydrogens is 624 g/mol. The lowest BCUT2D eigenvalue weighted by Gasteiger charge is -2.36. The summed E-state index contributed by atoms with van der Waals surface area (Å²) in [5, 5.41) is 57.6. The minimum atomic E-state index is -3.59. The third kappa shape index (κ3) is 10.4. The number of carbonyl (C=O) groups is 1. The highest BCUT2D eigenvalue weighted by atomic mass is 32.2. The van der Waals surface area contributed by atoms with Gasteiger partial charge in [0.2, 0.25) is 5.91 Å². The van der Waals surface area contributed by atoms with Gasteiger partial charge in [-0.15, -0.1) is 0 Å². The van der Waals surface area contributed by atoms with Crippen LogP contribution in [0, 0.1) is 0 Å². The molecule has 0 saturated heterocycles. The van der Waals surface area contributed by atoms with Crippen molar-refractivity contribution in [3.8, 4) is 0 Å². The van der Waals surface area contributed by atoms with Crippen LogP contribution in [0.15, 0.2) is 47.4 Å². The number of benzene rings is 2. The Kier molecular flexibility index (Phi) is 14.6. The van der Waals surface area contributed by atoms with Gasteiger partial charge in [0, 0.05) is 44.0 Å². The molecule has 8 N–H and O–H groups in total. The first-order valence-corrected chi connectivity index (χ1v) is 18.2. The predicted octanol–water partition coefficient (Wildman–Crippen LogP) is 1.69. The Bertz CT molecular complexity index is 1410. The first-order valence-electron chi connectivity index (χ1n) is 16.5. The van der Waals surface area contributed by atoms with Crippen LogP contribution in [-0.2, 0) is 14.6 Å². The Hall–Kier alpha value is -2.62. The summed E-state index contributed by atoms with van der Waals surface area (Å²) in [6.45, 7) is 3.80. The number of carbonyl (C=O) groups excluding carboxylic acids is 1. The largest absolute Gasteiger partial charge is 0.394 e. The van der Waals surface area contributed by atoms with Gasteiger partial charge in [-0.2, -0.15) is 0 Å². The average molecular weight is 679 g/mol. The summed E-state index contributed by atoms with van der Waals surface area (Å²) < 4.78 is 27.7. The maximum absolute atomic E-state index is 13.8. The third-order valence-corrected chi connectivity index (χ3v) is 10.9. The maximum Gasteiger partial charge on any atom is 0.224 e. The van der Waals surface area contributed by atoms with Crippen LogP contribution in [0.25, 0.3) is 0 Å². The van der Waals surface area contributed by atoms with Crippen molar-refractivity contribution in [3.05, 3.63) is 53.6 Å². The van der Waals surface area contributed by atoms with Gasteiger partial charge in [-0.1, -0.05) is 38.8 Å². The second-order valence-electron chi connectivity index (χ2n) is 12.8. The second-order valence-corrected chi connectivity index (χ2v) is 14.8. The van der Waals surface area contributed by atoms with E-state index in [1.807, 2.05) is 62.3 Å². The van der Waals surface area contributed by atoms with Gasteiger partial charge in [-0.25, -0.2) is 8.42 Å². The number of fused-ring (bicyclic) bond motifs is 1. The Morgan fingerprint density at radius 2 is 1.74 bits per heavy atom. The zero-order valence-electron chi connectivity index (χ0n) is 28.0. The van der Waals surface area contributed by atoms with E-state index >= 15 is 0 Å². The molecule has 264 valence electrons. The summed E-state index contributed by atoms with van der Waals surface area (Å²) in [5.74, 6) is -0.155. The molecule has 2 aromatic rings. The van der Waals surface area contributed by atoms with Gasteiger partial charge in [0.1, 0.15) is 18.3 Å². The van der Waals surface area contributed by atoms with Crippen molar-refractivity contribution in [2.75, 3.05) is 49.8 Å². The maximum atomic E-state index is 13.8.